The Morgan fingerprint density at radius 1 is 1.00 bits per heavy atom. The van der Waals surface area contributed by atoms with Crippen LogP contribution in [0.15, 0.2) is 0 Å². The van der Waals surface area contributed by atoms with Gasteiger partial charge in [-0.2, -0.15) is 0 Å². The van der Waals surface area contributed by atoms with Crippen LogP contribution in [-0.2, 0) is 19.2 Å². The molecule has 1 unspecified atom stereocenters. The quantitative estimate of drug-likeness (QED) is 0.386. The highest BCUT2D eigenvalue weighted by Gasteiger charge is 2.27. The van der Waals surface area contributed by atoms with Crippen LogP contribution in [0.25, 0.3) is 0 Å². The second-order valence-electron chi connectivity index (χ2n) is 5.69. The summed E-state index contributed by atoms with van der Waals surface area (Å²) >= 11 is 0. The van der Waals surface area contributed by atoms with Gasteiger partial charge in [-0.25, -0.2) is 0 Å². The molecule has 0 aromatic heterocycles. The summed E-state index contributed by atoms with van der Waals surface area (Å²) in [6, 6.07) is -1.49. The molecule has 0 heterocycles. The largest absolute Gasteiger partial charge is 0.348 e. The van der Waals surface area contributed by atoms with Gasteiger partial charge < -0.3 is 26.5 Å². The van der Waals surface area contributed by atoms with Crippen LogP contribution < -0.4 is 21.7 Å². The van der Waals surface area contributed by atoms with Crippen LogP contribution >= 0.6 is 0 Å². The summed E-state index contributed by atoms with van der Waals surface area (Å²) in [7, 11) is 0. The molecule has 2 atom stereocenters. The van der Waals surface area contributed by atoms with E-state index in [9.17, 15) is 19.2 Å². The fourth-order valence-electron chi connectivity index (χ4n) is 1.58. The number of nitrogens with two attached hydrogens (primary N) is 1. The standard InChI is InChI=1S/C14H26N4O4/c1-8(2)11(15)13(21)18-12(9(3)4)14(22)17-7-10(20)16-5-6-19/h6,8-9,11-12H,5,7,15H2,1-4H3,(H,16,20)(H,17,22)(H,18,21)/t11-,12?/m0/s1. The number of aldehydes is 1. The molecule has 0 aromatic carbocycles. The zero-order chi connectivity index (χ0) is 17.3. The summed E-state index contributed by atoms with van der Waals surface area (Å²) in [5.41, 5.74) is 5.74. The monoisotopic (exact) mass is 314 g/mol. The molecule has 0 fully saturated rings. The minimum atomic E-state index is -0.781. The summed E-state index contributed by atoms with van der Waals surface area (Å²) in [4.78, 5) is 45.5. The summed E-state index contributed by atoms with van der Waals surface area (Å²) in [5, 5.41) is 7.32. The molecule has 0 spiro atoms. The van der Waals surface area contributed by atoms with Crippen molar-refractivity contribution >= 4 is 24.0 Å². The summed E-state index contributed by atoms with van der Waals surface area (Å²) in [6.07, 6.45) is 0.546. The highest BCUT2D eigenvalue weighted by molar-refractivity contribution is 5.92. The van der Waals surface area contributed by atoms with E-state index in [1.165, 1.54) is 0 Å². The normalized spacial score (nSPS) is 13.4. The van der Waals surface area contributed by atoms with Crippen LogP contribution in [0.2, 0.25) is 0 Å². The van der Waals surface area contributed by atoms with Crippen molar-refractivity contribution in [1.29, 1.82) is 0 Å². The fourth-order valence-corrected chi connectivity index (χ4v) is 1.58. The number of amides is 3. The van der Waals surface area contributed by atoms with Gasteiger partial charge >= 0.3 is 0 Å². The molecule has 3 amide bonds. The lowest BCUT2D eigenvalue weighted by atomic mass is 10.0. The lowest BCUT2D eigenvalue weighted by Crippen LogP contribution is -2.55. The molecular weight excluding hydrogens is 288 g/mol. The topological polar surface area (TPSA) is 130 Å². The first-order chi connectivity index (χ1) is 10.2. The van der Waals surface area contributed by atoms with E-state index in [0.717, 1.165) is 0 Å². The van der Waals surface area contributed by atoms with Gasteiger partial charge in [0.15, 0.2) is 0 Å². The number of carbonyl (C=O) groups is 4. The Hall–Kier alpha value is -1.96. The fraction of sp³-hybridized carbons (Fsp3) is 0.714. The molecule has 0 aliphatic heterocycles. The maximum Gasteiger partial charge on any atom is 0.243 e. The predicted molar refractivity (Wildman–Crippen MR) is 81.7 cm³/mol. The van der Waals surface area contributed by atoms with Gasteiger partial charge in [-0.3, -0.25) is 14.4 Å². The number of hydrogen-bond acceptors (Lipinski definition) is 5. The van der Waals surface area contributed by atoms with Gasteiger partial charge in [0, 0.05) is 0 Å². The first kappa shape index (κ1) is 20.0. The van der Waals surface area contributed by atoms with Gasteiger partial charge in [-0.05, 0) is 11.8 Å². The molecule has 0 radical (unpaired) electrons. The van der Waals surface area contributed by atoms with Crippen LogP contribution in [-0.4, -0.2) is 49.2 Å². The Labute approximate surface area is 130 Å². The minimum absolute atomic E-state index is 0.0509. The lowest BCUT2D eigenvalue weighted by molar-refractivity contribution is -0.132. The summed E-state index contributed by atoms with van der Waals surface area (Å²) < 4.78 is 0. The number of rotatable bonds is 9. The van der Waals surface area contributed by atoms with E-state index in [0.29, 0.717) is 6.29 Å². The zero-order valence-electron chi connectivity index (χ0n) is 13.5. The van der Waals surface area contributed by atoms with Crippen LogP contribution in [0.1, 0.15) is 27.7 Å². The van der Waals surface area contributed by atoms with Crippen molar-refractivity contribution in [2.45, 2.75) is 39.8 Å². The first-order valence-electron chi connectivity index (χ1n) is 7.24. The van der Waals surface area contributed by atoms with Crippen molar-refractivity contribution in [3.8, 4) is 0 Å². The maximum absolute atomic E-state index is 12.1. The van der Waals surface area contributed by atoms with E-state index in [2.05, 4.69) is 16.0 Å². The molecule has 0 aliphatic carbocycles. The third-order valence-corrected chi connectivity index (χ3v) is 3.07. The smallest absolute Gasteiger partial charge is 0.243 e. The molecule has 22 heavy (non-hydrogen) atoms. The van der Waals surface area contributed by atoms with E-state index in [1.54, 1.807) is 13.8 Å². The Bertz CT molecular complexity index is 410. The molecule has 126 valence electrons. The summed E-state index contributed by atoms with van der Waals surface area (Å²) in [5.74, 6) is -1.57. The SMILES string of the molecule is CC(C)C(NC(=O)[C@@H](N)C(C)C)C(=O)NCC(=O)NCC=O. The average molecular weight is 314 g/mol. The van der Waals surface area contributed by atoms with E-state index >= 15 is 0 Å². The van der Waals surface area contributed by atoms with Crippen molar-refractivity contribution in [2.75, 3.05) is 13.1 Å². The van der Waals surface area contributed by atoms with Gasteiger partial charge in [0.05, 0.1) is 19.1 Å². The van der Waals surface area contributed by atoms with E-state index in [-0.39, 0.29) is 24.9 Å². The Morgan fingerprint density at radius 3 is 2.05 bits per heavy atom. The van der Waals surface area contributed by atoms with E-state index in [1.807, 2.05) is 13.8 Å². The Morgan fingerprint density at radius 2 is 1.59 bits per heavy atom. The molecule has 8 nitrogen and oxygen atoms in total. The Kier molecular flexibility index (Phi) is 9.00. The molecular formula is C14H26N4O4. The van der Waals surface area contributed by atoms with Crippen molar-refractivity contribution in [3.63, 3.8) is 0 Å². The molecule has 0 saturated heterocycles. The van der Waals surface area contributed by atoms with E-state index in [4.69, 9.17) is 5.73 Å². The van der Waals surface area contributed by atoms with Gasteiger partial charge in [-0.1, -0.05) is 27.7 Å². The third-order valence-electron chi connectivity index (χ3n) is 3.07. The van der Waals surface area contributed by atoms with Crippen LogP contribution in [0.4, 0.5) is 0 Å². The van der Waals surface area contributed by atoms with Gasteiger partial charge in [-0.15, -0.1) is 0 Å². The van der Waals surface area contributed by atoms with Gasteiger partial charge in [0.1, 0.15) is 12.3 Å². The van der Waals surface area contributed by atoms with Crippen LogP contribution in [0.3, 0.4) is 0 Å². The predicted octanol–water partition coefficient (Wildman–Crippen LogP) is -1.46. The number of carbonyl (C=O) groups excluding carboxylic acids is 4. The van der Waals surface area contributed by atoms with Crippen molar-refractivity contribution < 1.29 is 19.2 Å². The number of nitrogens with one attached hydrogen (secondary N) is 3. The Balaban J connectivity index is 4.55. The lowest BCUT2D eigenvalue weighted by Gasteiger charge is -2.24. The molecule has 0 saturated carbocycles. The number of hydrogen-bond donors (Lipinski definition) is 4. The molecule has 0 rings (SSSR count). The van der Waals surface area contributed by atoms with Gasteiger partial charge in [0.25, 0.3) is 0 Å². The van der Waals surface area contributed by atoms with Crippen LogP contribution in [0.5, 0.6) is 0 Å². The van der Waals surface area contributed by atoms with Crippen LogP contribution in [0, 0.1) is 11.8 Å². The minimum Gasteiger partial charge on any atom is -0.348 e. The zero-order valence-corrected chi connectivity index (χ0v) is 13.5. The second kappa shape index (κ2) is 9.88. The highest BCUT2D eigenvalue weighted by Crippen LogP contribution is 2.04. The molecule has 8 heteroatoms. The van der Waals surface area contributed by atoms with Crippen molar-refractivity contribution in [2.24, 2.45) is 17.6 Å². The highest BCUT2D eigenvalue weighted by atomic mass is 16.2. The maximum atomic E-state index is 12.1. The molecule has 5 N–H and O–H groups in total. The third kappa shape index (κ3) is 7.16. The van der Waals surface area contributed by atoms with Gasteiger partial charge in [0.2, 0.25) is 17.7 Å². The van der Waals surface area contributed by atoms with Crippen molar-refractivity contribution in [3.05, 3.63) is 0 Å². The second-order valence-corrected chi connectivity index (χ2v) is 5.69. The first-order valence-corrected chi connectivity index (χ1v) is 7.24. The van der Waals surface area contributed by atoms with Crippen molar-refractivity contribution in [1.82, 2.24) is 16.0 Å². The average Bonchev–Trinajstić information content (AvgIpc) is 2.46. The van der Waals surface area contributed by atoms with E-state index < -0.39 is 29.8 Å². The molecule has 0 aromatic rings. The summed E-state index contributed by atoms with van der Waals surface area (Å²) in [6.45, 7) is 6.80. The molecule has 0 bridgehead atoms. The molecule has 0 aliphatic rings.